The van der Waals surface area contributed by atoms with Crippen molar-refractivity contribution in [3.63, 3.8) is 0 Å². The zero-order chi connectivity index (χ0) is 19.5. The number of hydrogen-bond donors (Lipinski definition) is 2. The molecule has 1 fully saturated rings. The van der Waals surface area contributed by atoms with Crippen LogP contribution in [0.2, 0.25) is 0 Å². The number of hydrogen-bond acceptors (Lipinski definition) is 3. The van der Waals surface area contributed by atoms with Gasteiger partial charge >= 0.3 is 11.7 Å². The van der Waals surface area contributed by atoms with E-state index in [0.29, 0.717) is 5.92 Å². The van der Waals surface area contributed by atoms with Gasteiger partial charge in [-0.05, 0) is 87.2 Å². The smallest absolute Gasteiger partial charge is 0.332 e. The van der Waals surface area contributed by atoms with Crippen LogP contribution in [0, 0.1) is 5.92 Å². The average molecular weight is 420 g/mol. The summed E-state index contributed by atoms with van der Waals surface area (Å²) in [6, 6.07) is 6.60. The Balaban J connectivity index is 0.00000240. The Morgan fingerprint density at radius 1 is 1.07 bits per heavy atom. The lowest BCUT2D eigenvalue weighted by atomic mass is 9.83. The first-order valence-electron chi connectivity index (χ1n) is 10.5. The minimum atomic E-state index is -0.716. The van der Waals surface area contributed by atoms with Gasteiger partial charge in [0.15, 0.2) is 0 Å². The highest BCUT2D eigenvalue weighted by Gasteiger charge is 2.24. The number of carboxylic acid groups (broad SMARTS) is 1. The van der Waals surface area contributed by atoms with Crippen LogP contribution in [-0.4, -0.2) is 33.3 Å². The van der Waals surface area contributed by atoms with Crippen LogP contribution in [0.1, 0.15) is 55.7 Å². The van der Waals surface area contributed by atoms with Gasteiger partial charge in [-0.3, -0.25) is 13.9 Å². The van der Waals surface area contributed by atoms with Crippen LogP contribution in [0.4, 0.5) is 0 Å². The first kappa shape index (κ1) is 21.7. The second-order valence-electron chi connectivity index (χ2n) is 8.17. The van der Waals surface area contributed by atoms with E-state index in [1.54, 1.807) is 4.57 Å². The molecule has 29 heavy (non-hydrogen) atoms. The Hall–Kier alpha value is -2.05. The lowest BCUT2D eigenvalue weighted by Gasteiger charge is -2.28. The fourth-order valence-electron chi connectivity index (χ4n) is 4.71. The van der Waals surface area contributed by atoms with Crippen molar-refractivity contribution < 1.29 is 9.90 Å². The fraction of sp³-hybridized carbons (Fsp3) is 0.545. The number of rotatable bonds is 5. The molecule has 2 heterocycles. The summed E-state index contributed by atoms with van der Waals surface area (Å²) in [5.74, 6) is -0.240. The van der Waals surface area contributed by atoms with Crippen LogP contribution in [0.3, 0.4) is 0 Å². The maximum atomic E-state index is 13.0. The van der Waals surface area contributed by atoms with Crippen molar-refractivity contribution in [2.45, 2.75) is 57.4 Å². The number of aromatic nitrogens is 2. The molecule has 1 saturated carbocycles. The molecule has 0 radical (unpaired) electrons. The lowest BCUT2D eigenvalue weighted by Crippen LogP contribution is -2.29. The number of carboxylic acids is 1. The van der Waals surface area contributed by atoms with Gasteiger partial charge < -0.3 is 10.4 Å². The molecule has 0 spiro atoms. The molecule has 2 N–H and O–H groups in total. The van der Waals surface area contributed by atoms with Crippen molar-refractivity contribution in [2.24, 2.45) is 5.92 Å². The average Bonchev–Trinajstić information content (AvgIpc) is 2.93. The quantitative estimate of drug-likeness (QED) is 0.779. The molecule has 1 aromatic heterocycles. The number of aliphatic carboxylic acids is 1. The van der Waals surface area contributed by atoms with Gasteiger partial charge in [0.1, 0.15) is 0 Å². The minimum absolute atomic E-state index is 0. The summed E-state index contributed by atoms with van der Waals surface area (Å²) in [5.41, 5.74) is 3.68. The molecule has 158 valence electrons. The summed E-state index contributed by atoms with van der Waals surface area (Å²) in [7, 11) is 0. The molecule has 0 saturated heterocycles. The Morgan fingerprint density at radius 2 is 1.79 bits per heavy atom. The van der Waals surface area contributed by atoms with Gasteiger partial charge in [0, 0.05) is 24.9 Å². The van der Waals surface area contributed by atoms with E-state index >= 15 is 0 Å². The molecule has 1 aromatic carbocycles. The summed E-state index contributed by atoms with van der Waals surface area (Å²) in [6.45, 7) is 2.00. The zero-order valence-electron chi connectivity index (χ0n) is 16.7. The van der Waals surface area contributed by atoms with Gasteiger partial charge in [-0.25, -0.2) is 4.79 Å². The van der Waals surface area contributed by atoms with Gasteiger partial charge in [-0.2, -0.15) is 0 Å². The molecule has 0 unspecified atom stereocenters. The number of halogens is 1. The van der Waals surface area contributed by atoms with Crippen molar-refractivity contribution in [2.75, 3.05) is 13.1 Å². The normalized spacial score (nSPS) is 21.7. The fourth-order valence-corrected chi connectivity index (χ4v) is 4.71. The first-order valence-corrected chi connectivity index (χ1v) is 10.5. The summed E-state index contributed by atoms with van der Waals surface area (Å²) >= 11 is 0. The van der Waals surface area contributed by atoms with E-state index in [-0.39, 0.29) is 30.6 Å². The van der Waals surface area contributed by atoms with E-state index < -0.39 is 5.97 Å². The predicted molar refractivity (Wildman–Crippen MR) is 115 cm³/mol. The molecule has 1 aliphatic carbocycles. The molecule has 6 nitrogen and oxygen atoms in total. The number of benzene rings is 1. The van der Waals surface area contributed by atoms with Gasteiger partial charge in [-0.1, -0.05) is 6.07 Å². The van der Waals surface area contributed by atoms with Crippen molar-refractivity contribution in [1.29, 1.82) is 0 Å². The molecular formula is C22H30ClN3O3. The molecule has 2 aliphatic rings. The van der Waals surface area contributed by atoms with E-state index in [2.05, 4.69) is 23.5 Å². The molecular weight excluding hydrogens is 390 g/mol. The van der Waals surface area contributed by atoms with Gasteiger partial charge in [-0.15, -0.1) is 12.4 Å². The summed E-state index contributed by atoms with van der Waals surface area (Å²) in [6.07, 6.45) is 10.7. The standard InChI is InChI=1S/C22H29N3O3.ClH/c26-21(27)8-3-16-1-5-19(6-2-16)24-13-14-25(22(24)28)20-7-4-17-9-11-23-12-10-18(17)15-20;/h4,7,13-16,19,23H,1-3,5-6,8-12H2,(H,26,27);1H/t16-,19-;. The lowest BCUT2D eigenvalue weighted by molar-refractivity contribution is -0.137. The molecule has 2 aromatic rings. The van der Waals surface area contributed by atoms with Crippen molar-refractivity contribution in [3.05, 3.63) is 52.2 Å². The highest BCUT2D eigenvalue weighted by Crippen LogP contribution is 2.33. The van der Waals surface area contributed by atoms with Crippen LogP contribution in [-0.2, 0) is 17.6 Å². The topological polar surface area (TPSA) is 76.3 Å². The van der Waals surface area contributed by atoms with Crippen LogP contribution >= 0.6 is 12.4 Å². The third-order valence-corrected chi connectivity index (χ3v) is 6.39. The van der Waals surface area contributed by atoms with Gasteiger partial charge in [0.2, 0.25) is 0 Å². The largest absolute Gasteiger partial charge is 0.481 e. The molecule has 0 atom stereocenters. The highest BCUT2D eigenvalue weighted by atomic mass is 35.5. The number of carbonyl (C=O) groups is 1. The molecule has 0 bridgehead atoms. The summed E-state index contributed by atoms with van der Waals surface area (Å²) < 4.78 is 3.63. The highest BCUT2D eigenvalue weighted by molar-refractivity contribution is 5.85. The third-order valence-electron chi connectivity index (χ3n) is 6.39. The van der Waals surface area contributed by atoms with Crippen LogP contribution < -0.4 is 11.0 Å². The zero-order valence-corrected chi connectivity index (χ0v) is 17.5. The number of nitrogens with zero attached hydrogens (tertiary/aromatic N) is 2. The minimum Gasteiger partial charge on any atom is -0.481 e. The molecule has 4 rings (SSSR count). The Bertz CT molecular complexity index is 897. The van der Waals surface area contributed by atoms with E-state index in [9.17, 15) is 9.59 Å². The van der Waals surface area contributed by atoms with Crippen LogP contribution in [0.5, 0.6) is 0 Å². The predicted octanol–water partition coefficient (Wildman–Crippen LogP) is 3.35. The number of fused-ring (bicyclic) bond motifs is 1. The first-order chi connectivity index (χ1) is 13.6. The summed E-state index contributed by atoms with van der Waals surface area (Å²) in [4.78, 5) is 23.8. The SMILES string of the molecule is Cl.O=C(O)CC[C@H]1CC[C@H](n2ccn(-c3ccc4c(c3)CCNCC4)c2=O)CC1. The number of nitrogens with one attached hydrogen (secondary N) is 1. The third kappa shape index (κ3) is 4.93. The Morgan fingerprint density at radius 3 is 2.52 bits per heavy atom. The molecule has 7 heteroatoms. The van der Waals surface area contributed by atoms with Crippen molar-refractivity contribution in [3.8, 4) is 5.69 Å². The monoisotopic (exact) mass is 419 g/mol. The van der Waals surface area contributed by atoms with E-state index in [0.717, 1.165) is 63.7 Å². The van der Waals surface area contributed by atoms with Crippen LogP contribution in [0.25, 0.3) is 5.69 Å². The maximum absolute atomic E-state index is 13.0. The van der Waals surface area contributed by atoms with E-state index in [4.69, 9.17) is 5.11 Å². The summed E-state index contributed by atoms with van der Waals surface area (Å²) in [5, 5.41) is 12.3. The van der Waals surface area contributed by atoms with Crippen molar-refractivity contribution in [1.82, 2.24) is 14.5 Å². The van der Waals surface area contributed by atoms with E-state index in [1.807, 2.05) is 17.0 Å². The van der Waals surface area contributed by atoms with Gasteiger partial charge in [0.25, 0.3) is 0 Å². The van der Waals surface area contributed by atoms with Crippen molar-refractivity contribution >= 4 is 18.4 Å². The number of imidazole rings is 1. The van der Waals surface area contributed by atoms with E-state index in [1.165, 1.54) is 11.1 Å². The molecule has 1 aliphatic heterocycles. The van der Waals surface area contributed by atoms with Crippen LogP contribution in [0.15, 0.2) is 35.4 Å². The Labute approximate surface area is 177 Å². The maximum Gasteiger partial charge on any atom is 0.332 e. The second kappa shape index (κ2) is 9.63. The Kier molecular flexibility index (Phi) is 7.19. The second-order valence-corrected chi connectivity index (χ2v) is 8.17. The molecule has 0 amide bonds. The van der Waals surface area contributed by atoms with Gasteiger partial charge in [0.05, 0.1) is 5.69 Å².